The fraction of sp³-hybridized carbons (Fsp3) is 0.391. The predicted octanol–water partition coefficient (Wildman–Crippen LogP) is 3.45. The van der Waals surface area contributed by atoms with Crippen molar-refractivity contribution in [1.82, 2.24) is 9.80 Å². The Morgan fingerprint density at radius 3 is 2.18 bits per heavy atom. The molecule has 1 heterocycles. The van der Waals surface area contributed by atoms with Crippen molar-refractivity contribution in [2.75, 3.05) is 43.6 Å². The van der Waals surface area contributed by atoms with Crippen molar-refractivity contribution in [3.05, 3.63) is 58.6 Å². The molecular formula is C23H28ClN3O5S. The first-order valence-corrected chi connectivity index (χ1v) is 12.5. The van der Waals surface area contributed by atoms with E-state index in [1.165, 1.54) is 17.0 Å². The predicted molar refractivity (Wildman–Crippen MR) is 127 cm³/mol. The maximum absolute atomic E-state index is 13.6. The Hall–Kier alpha value is -2.78. The zero-order valence-corrected chi connectivity index (χ0v) is 20.5. The van der Waals surface area contributed by atoms with Crippen LogP contribution in [0, 0.1) is 13.8 Å². The number of carbonyl (C=O) groups excluding carboxylic acids is 2. The van der Waals surface area contributed by atoms with Crippen LogP contribution >= 0.6 is 11.6 Å². The number of halogens is 1. The number of rotatable bonds is 6. The van der Waals surface area contributed by atoms with Gasteiger partial charge in [-0.15, -0.1) is 0 Å². The summed E-state index contributed by atoms with van der Waals surface area (Å²) in [5.41, 5.74) is 1.95. The number of piperazine rings is 1. The summed E-state index contributed by atoms with van der Waals surface area (Å²) >= 11 is 6.07. The number of carbonyl (C=O) groups is 2. The number of sulfonamides is 1. The van der Waals surface area contributed by atoms with Crippen LogP contribution in [0.25, 0.3) is 0 Å². The molecule has 0 atom stereocenters. The molecule has 2 amide bonds. The Labute approximate surface area is 199 Å². The van der Waals surface area contributed by atoms with Gasteiger partial charge in [0.2, 0.25) is 5.91 Å². The fourth-order valence-electron chi connectivity index (χ4n) is 3.61. The maximum atomic E-state index is 13.6. The summed E-state index contributed by atoms with van der Waals surface area (Å²) in [6.45, 7) is 6.54. The lowest BCUT2D eigenvalue weighted by Gasteiger charge is -2.35. The molecule has 3 rings (SSSR count). The molecular weight excluding hydrogens is 466 g/mol. The van der Waals surface area contributed by atoms with Crippen molar-refractivity contribution in [3.63, 3.8) is 0 Å². The molecule has 0 bridgehead atoms. The molecule has 2 aromatic carbocycles. The number of ether oxygens (including phenoxy) is 1. The van der Waals surface area contributed by atoms with E-state index >= 15 is 0 Å². The largest absolute Gasteiger partial charge is 0.450 e. The van der Waals surface area contributed by atoms with Crippen molar-refractivity contribution in [3.8, 4) is 0 Å². The zero-order valence-electron chi connectivity index (χ0n) is 19.0. The normalized spacial score (nSPS) is 14.2. The fourth-order valence-corrected chi connectivity index (χ4v) is 5.32. The van der Waals surface area contributed by atoms with Gasteiger partial charge >= 0.3 is 6.09 Å². The summed E-state index contributed by atoms with van der Waals surface area (Å²) in [6.07, 6.45) is -0.412. The van der Waals surface area contributed by atoms with Crippen LogP contribution in [0.2, 0.25) is 5.02 Å². The average Bonchev–Trinajstić information content (AvgIpc) is 2.78. The molecule has 1 fully saturated rings. The molecule has 2 aromatic rings. The lowest BCUT2D eigenvalue weighted by atomic mass is 10.2. The minimum Gasteiger partial charge on any atom is -0.450 e. The van der Waals surface area contributed by atoms with Crippen LogP contribution in [-0.2, 0) is 19.6 Å². The Morgan fingerprint density at radius 1 is 1.00 bits per heavy atom. The van der Waals surface area contributed by atoms with Gasteiger partial charge in [-0.2, -0.15) is 0 Å². The van der Waals surface area contributed by atoms with Gasteiger partial charge in [-0.25, -0.2) is 13.2 Å². The van der Waals surface area contributed by atoms with E-state index in [-0.39, 0.29) is 24.0 Å². The van der Waals surface area contributed by atoms with E-state index in [9.17, 15) is 18.0 Å². The molecule has 0 radical (unpaired) electrons. The van der Waals surface area contributed by atoms with E-state index in [1.807, 2.05) is 6.92 Å². The highest BCUT2D eigenvalue weighted by Crippen LogP contribution is 2.29. The smallest absolute Gasteiger partial charge is 0.409 e. The van der Waals surface area contributed by atoms with Gasteiger partial charge in [0, 0.05) is 31.2 Å². The Balaban J connectivity index is 1.85. The third-order valence-electron chi connectivity index (χ3n) is 5.47. The first kappa shape index (κ1) is 24.9. The minimum atomic E-state index is -4.01. The maximum Gasteiger partial charge on any atom is 0.409 e. The molecule has 33 heavy (non-hydrogen) atoms. The highest BCUT2D eigenvalue weighted by molar-refractivity contribution is 7.92. The zero-order chi connectivity index (χ0) is 24.2. The molecule has 1 aliphatic rings. The topological polar surface area (TPSA) is 87.2 Å². The summed E-state index contributed by atoms with van der Waals surface area (Å²) in [4.78, 5) is 28.3. The molecule has 0 aromatic heterocycles. The number of hydrogen-bond donors (Lipinski definition) is 0. The van der Waals surface area contributed by atoms with Crippen LogP contribution in [0.3, 0.4) is 0 Å². The minimum absolute atomic E-state index is 0.0994. The molecule has 10 heteroatoms. The van der Waals surface area contributed by atoms with E-state index in [1.54, 1.807) is 49.1 Å². The van der Waals surface area contributed by atoms with Crippen LogP contribution in [0.1, 0.15) is 18.1 Å². The molecule has 0 aliphatic carbocycles. The van der Waals surface area contributed by atoms with E-state index in [0.717, 1.165) is 9.87 Å². The molecule has 0 N–H and O–H groups in total. The summed E-state index contributed by atoms with van der Waals surface area (Å²) in [6, 6.07) is 11.4. The molecule has 1 saturated heterocycles. The van der Waals surface area contributed by atoms with Gasteiger partial charge < -0.3 is 14.5 Å². The van der Waals surface area contributed by atoms with Crippen LogP contribution in [0.4, 0.5) is 10.5 Å². The third kappa shape index (κ3) is 5.78. The quantitative estimate of drug-likeness (QED) is 0.615. The van der Waals surface area contributed by atoms with Crippen molar-refractivity contribution in [1.29, 1.82) is 0 Å². The number of anilines is 1. The van der Waals surface area contributed by atoms with Crippen LogP contribution < -0.4 is 4.31 Å². The van der Waals surface area contributed by atoms with E-state index in [0.29, 0.717) is 42.5 Å². The van der Waals surface area contributed by atoms with Gasteiger partial charge in [0.25, 0.3) is 10.0 Å². The first-order chi connectivity index (χ1) is 15.6. The van der Waals surface area contributed by atoms with Gasteiger partial charge in [-0.3, -0.25) is 9.10 Å². The number of aryl methyl sites for hydroxylation is 2. The second-order valence-electron chi connectivity index (χ2n) is 7.82. The molecule has 0 unspecified atom stereocenters. The van der Waals surface area contributed by atoms with E-state index < -0.39 is 16.1 Å². The SMILES string of the molecule is CCOC(=O)N1CCN(C(=O)CN(c2ccc(Cl)cc2C)S(=O)(=O)c2ccc(C)cc2)CC1. The monoisotopic (exact) mass is 493 g/mol. The van der Waals surface area contributed by atoms with Crippen molar-refractivity contribution < 1.29 is 22.7 Å². The lowest BCUT2D eigenvalue weighted by molar-refractivity contribution is -0.131. The summed E-state index contributed by atoms with van der Waals surface area (Å²) in [5.74, 6) is -0.344. The Kier molecular flexibility index (Phi) is 7.86. The van der Waals surface area contributed by atoms with Gasteiger partial charge in [0.15, 0.2) is 0 Å². The number of amides is 2. The van der Waals surface area contributed by atoms with Gasteiger partial charge in [0.1, 0.15) is 6.54 Å². The first-order valence-electron chi connectivity index (χ1n) is 10.7. The molecule has 0 saturated carbocycles. The Morgan fingerprint density at radius 2 is 1.61 bits per heavy atom. The van der Waals surface area contributed by atoms with Crippen molar-refractivity contribution in [2.45, 2.75) is 25.7 Å². The molecule has 1 aliphatic heterocycles. The summed E-state index contributed by atoms with van der Waals surface area (Å²) < 4.78 is 33.3. The van der Waals surface area contributed by atoms with E-state index in [4.69, 9.17) is 16.3 Å². The lowest BCUT2D eigenvalue weighted by Crippen LogP contribution is -2.53. The average molecular weight is 494 g/mol. The standard InChI is InChI=1S/C23H28ClN3O5S/c1-4-32-23(29)26-13-11-25(12-14-26)22(28)16-27(21-10-7-19(24)15-18(21)3)33(30,31)20-8-5-17(2)6-9-20/h5-10,15H,4,11-14,16H2,1-3H3. The second-order valence-corrected chi connectivity index (χ2v) is 10.1. The summed E-state index contributed by atoms with van der Waals surface area (Å²) in [5, 5.41) is 0.477. The number of hydrogen-bond acceptors (Lipinski definition) is 5. The van der Waals surface area contributed by atoms with Gasteiger partial charge in [-0.05, 0) is 56.7 Å². The highest BCUT2D eigenvalue weighted by Gasteiger charge is 2.32. The van der Waals surface area contributed by atoms with Gasteiger partial charge in [-0.1, -0.05) is 29.3 Å². The van der Waals surface area contributed by atoms with Crippen molar-refractivity contribution >= 4 is 39.3 Å². The number of benzene rings is 2. The number of nitrogens with zero attached hydrogens (tertiary/aromatic N) is 3. The summed E-state index contributed by atoms with van der Waals surface area (Å²) in [7, 11) is -4.01. The highest BCUT2D eigenvalue weighted by atomic mass is 35.5. The molecule has 0 spiro atoms. The van der Waals surface area contributed by atoms with Crippen LogP contribution in [0.5, 0.6) is 0 Å². The van der Waals surface area contributed by atoms with Crippen LogP contribution in [0.15, 0.2) is 47.4 Å². The van der Waals surface area contributed by atoms with Crippen LogP contribution in [-0.4, -0.2) is 69.5 Å². The third-order valence-corrected chi connectivity index (χ3v) is 7.48. The molecule has 178 valence electrons. The Bertz CT molecular complexity index is 1110. The van der Waals surface area contributed by atoms with Crippen molar-refractivity contribution in [2.24, 2.45) is 0 Å². The molecule has 8 nitrogen and oxygen atoms in total. The second kappa shape index (κ2) is 10.4. The van der Waals surface area contributed by atoms with Gasteiger partial charge in [0.05, 0.1) is 17.2 Å². The van der Waals surface area contributed by atoms with E-state index in [2.05, 4.69) is 0 Å².